The smallest absolute Gasteiger partial charge is 0.250 e. The Hall–Kier alpha value is -2.95. The molecule has 8 nitrogen and oxygen atoms in total. The number of carbonyl (C=O) groups excluding carboxylic acids is 1. The molecule has 2 aromatic rings. The minimum atomic E-state index is -0.407. The lowest BCUT2D eigenvalue weighted by atomic mass is 10.2. The van der Waals surface area contributed by atoms with Gasteiger partial charge in [0.25, 0.3) is 5.91 Å². The van der Waals surface area contributed by atoms with Gasteiger partial charge in [0.1, 0.15) is 17.8 Å². The highest BCUT2D eigenvalue weighted by atomic mass is 16.2. The van der Waals surface area contributed by atoms with Gasteiger partial charge in [0.15, 0.2) is 5.82 Å². The summed E-state index contributed by atoms with van der Waals surface area (Å²) in [6.07, 6.45) is 2.43. The van der Waals surface area contributed by atoms with Gasteiger partial charge in [-0.2, -0.15) is 10.4 Å². The fourth-order valence-corrected chi connectivity index (χ4v) is 2.43. The van der Waals surface area contributed by atoms with E-state index in [0.717, 1.165) is 0 Å². The van der Waals surface area contributed by atoms with Crippen molar-refractivity contribution < 1.29 is 4.79 Å². The van der Waals surface area contributed by atoms with Gasteiger partial charge in [-0.3, -0.25) is 14.4 Å². The van der Waals surface area contributed by atoms with E-state index in [0.29, 0.717) is 30.4 Å². The SMILES string of the molecule is Cc1cc(C#N)nc(NC2CCN(c3ccn(C)n3)C2=O)n1. The Kier molecular flexibility index (Phi) is 3.47. The molecule has 8 heteroatoms. The van der Waals surface area contributed by atoms with Crippen LogP contribution in [0.2, 0.25) is 0 Å². The summed E-state index contributed by atoms with van der Waals surface area (Å²) in [5, 5.41) is 16.2. The number of nitrogens with one attached hydrogen (secondary N) is 1. The van der Waals surface area contributed by atoms with Crippen molar-refractivity contribution in [3.05, 3.63) is 29.7 Å². The third-order valence-corrected chi connectivity index (χ3v) is 3.45. The molecule has 0 aromatic carbocycles. The van der Waals surface area contributed by atoms with Crippen LogP contribution in [0.4, 0.5) is 11.8 Å². The molecule has 112 valence electrons. The topological polar surface area (TPSA) is 99.7 Å². The lowest BCUT2D eigenvalue weighted by Crippen LogP contribution is -2.34. The van der Waals surface area contributed by atoms with Crippen LogP contribution in [0.15, 0.2) is 18.3 Å². The molecule has 3 rings (SSSR count). The van der Waals surface area contributed by atoms with Crippen LogP contribution in [0.1, 0.15) is 17.8 Å². The van der Waals surface area contributed by atoms with Gasteiger partial charge in [0.05, 0.1) is 0 Å². The highest BCUT2D eigenvalue weighted by molar-refractivity contribution is 6.00. The molecule has 3 heterocycles. The molecular weight excluding hydrogens is 282 g/mol. The van der Waals surface area contributed by atoms with Crippen molar-refractivity contribution in [3.8, 4) is 6.07 Å². The number of aryl methyl sites for hydroxylation is 2. The largest absolute Gasteiger partial charge is 0.342 e. The molecule has 1 aliphatic heterocycles. The van der Waals surface area contributed by atoms with E-state index in [2.05, 4.69) is 20.4 Å². The average Bonchev–Trinajstić information content (AvgIpc) is 3.05. The Morgan fingerprint density at radius 1 is 1.45 bits per heavy atom. The second kappa shape index (κ2) is 5.44. The Bertz CT molecular complexity index is 761. The summed E-state index contributed by atoms with van der Waals surface area (Å²) in [6.45, 7) is 2.37. The third kappa shape index (κ3) is 2.61. The number of hydrogen-bond donors (Lipinski definition) is 1. The summed E-state index contributed by atoms with van der Waals surface area (Å²) in [5.74, 6) is 0.875. The second-order valence-electron chi connectivity index (χ2n) is 5.15. The number of nitriles is 1. The van der Waals surface area contributed by atoms with Gasteiger partial charge in [-0.15, -0.1) is 0 Å². The quantitative estimate of drug-likeness (QED) is 0.891. The Morgan fingerprint density at radius 2 is 2.27 bits per heavy atom. The van der Waals surface area contributed by atoms with E-state index in [1.807, 2.05) is 13.1 Å². The fraction of sp³-hybridized carbons (Fsp3) is 0.357. The molecule has 1 saturated heterocycles. The average molecular weight is 297 g/mol. The summed E-state index contributed by atoms with van der Waals surface area (Å²) in [6, 6.07) is 4.98. The second-order valence-corrected chi connectivity index (χ2v) is 5.15. The molecule has 0 spiro atoms. The number of rotatable bonds is 3. The number of hydrogen-bond acceptors (Lipinski definition) is 6. The molecular formula is C14H15N7O. The van der Waals surface area contributed by atoms with Crippen LogP contribution in [-0.4, -0.2) is 38.2 Å². The van der Waals surface area contributed by atoms with E-state index >= 15 is 0 Å². The monoisotopic (exact) mass is 297 g/mol. The first-order valence-electron chi connectivity index (χ1n) is 6.90. The van der Waals surface area contributed by atoms with Gasteiger partial charge in [-0.1, -0.05) is 0 Å². The highest BCUT2D eigenvalue weighted by Crippen LogP contribution is 2.21. The van der Waals surface area contributed by atoms with Crippen LogP contribution in [0, 0.1) is 18.3 Å². The minimum Gasteiger partial charge on any atom is -0.342 e. The standard InChI is InChI=1S/C14H15N7O/c1-9-7-10(8-15)17-14(16-9)18-11-3-6-21(13(11)22)12-4-5-20(2)19-12/h4-5,7,11H,3,6H2,1-2H3,(H,16,17,18). The number of amides is 1. The normalized spacial score (nSPS) is 17.6. The predicted molar refractivity (Wildman–Crippen MR) is 79.1 cm³/mol. The Balaban J connectivity index is 1.76. The Morgan fingerprint density at radius 3 is 2.95 bits per heavy atom. The number of nitrogens with zero attached hydrogens (tertiary/aromatic N) is 6. The van der Waals surface area contributed by atoms with Crippen LogP contribution < -0.4 is 10.2 Å². The molecule has 22 heavy (non-hydrogen) atoms. The van der Waals surface area contributed by atoms with Gasteiger partial charge in [0, 0.05) is 31.5 Å². The van der Waals surface area contributed by atoms with Crippen molar-refractivity contribution >= 4 is 17.7 Å². The van der Waals surface area contributed by atoms with E-state index in [1.54, 1.807) is 34.8 Å². The molecule has 1 atom stereocenters. The van der Waals surface area contributed by atoms with Crippen LogP contribution in [-0.2, 0) is 11.8 Å². The van der Waals surface area contributed by atoms with Gasteiger partial charge in [-0.25, -0.2) is 9.97 Å². The first kappa shape index (κ1) is 14.0. The molecule has 0 aliphatic carbocycles. The zero-order valence-electron chi connectivity index (χ0n) is 12.3. The highest BCUT2D eigenvalue weighted by Gasteiger charge is 2.34. The van der Waals surface area contributed by atoms with E-state index in [1.165, 1.54) is 0 Å². The van der Waals surface area contributed by atoms with E-state index in [-0.39, 0.29) is 11.6 Å². The maximum absolute atomic E-state index is 12.5. The maximum atomic E-state index is 12.5. The van der Waals surface area contributed by atoms with Crippen molar-refractivity contribution in [2.24, 2.45) is 7.05 Å². The molecule has 0 saturated carbocycles. The van der Waals surface area contributed by atoms with E-state index in [9.17, 15) is 4.79 Å². The third-order valence-electron chi connectivity index (χ3n) is 3.45. The summed E-state index contributed by atoms with van der Waals surface area (Å²) >= 11 is 0. The molecule has 1 N–H and O–H groups in total. The van der Waals surface area contributed by atoms with Crippen LogP contribution in [0.5, 0.6) is 0 Å². The van der Waals surface area contributed by atoms with Crippen molar-refractivity contribution in [1.29, 1.82) is 5.26 Å². The first-order valence-corrected chi connectivity index (χ1v) is 6.90. The number of anilines is 2. The molecule has 1 amide bonds. The van der Waals surface area contributed by atoms with Crippen molar-refractivity contribution in [3.63, 3.8) is 0 Å². The molecule has 2 aromatic heterocycles. The predicted octanol–water partition coefficient (Wildman–Crippen LogP) is 0.608. The fourth-order valence-electron chi connectivity index (χ4n) is 2.43. The molecule has 1 aliphatic rings. The first-order chi connectivity index (χ1) is 10.6. The van der Waals surface area contributed by atoms with Crippen LogP contribution >= 0.6 is 0 Å². The summed E-state index contributed by atoms with van der Waals surface area (Å²) < 4.78 is 1.66. The molecule has 1 fully saturated rings. The lowest BCUT2D eigenvalue weighted by molar-refractivity contribution is -0.117. The van der Waals surface area contributed by atoms with Gasteiger partial charge in [0.2, 0.25) is 5.95 Å². The zero-order chi connectivity index (χ0) is 15.7. The van der Waals surface area contributed by atoms with Crippen LogP contribution in [0.3, 0.4) is 0 Å². The van der Waals surface area contributed by atoms with Gasteiger partial charge >= 0.3 is 0 Å². The van der Waals surface area contributed by atoms with Gasteiger partial charge < -0.3 is 5.32 Å². The summed E-state index contributed by atoms with van der Waals surface area (Å²) in [5.41, 5.74) is 0.961. The van der Waals surface area contributed by atoms with Crippen molar-refractivity contribution in [2.45, 2.75) is 19.4 Å². The molecule has 0 bridgehead atoms. The number of aromatic nitrogens is 4. The lowest BCUT2D eigenvalue weighted by Gasteiger charge is -2.14. The van der Waals surface area contributed by atoms with Crippen LogP contribution in [0.25, 0.3) is 0 Å². The number of carbonyl (C=O) groups is 1. The summed E-state index contributed by atoms with van der Waals surface area (Å²) in [4.78, 5) is 22.4. The van der Waals surface area contributed by atoms with Crippen molar-refractivity contribution in [1.82, 2.24) is 19.7 Å². The van der Waals surface area contributed by atoms with Gasteiger partial charge in [-0.05, 0) is 19.4 Å². The van der Waals surface area contributed by atoms with E-state index < -0.39 is 6.04 Å². The van der Waals surface area contributed by atoms with E-state index in [4.69, 9.17) is 5.26 Å². The maximum Gasteiger partial charge on any atom is 0.250 e. The van der Waals surface area contributed by atoms with Crippen molar-refractivity contribution in [2.75, 3.05) is 16.8 Å². The minimum absolute atomic E-state index is 0.0673. The zero-order valence-corrected chi connectivity index (χ0v) is 12.3. The molecule has 0 radical (unpaired) electrons. The Labute approximate surface area is 127 Å². The summed E-state index contributed by atoms with van der Waals surface area (Å²) in [7, 11) is 1.81. The molecule has 1 unspecified atom stereocenters.